The van der Waals surface area contributed by atoms with Gasteiger partial charge in [-0.05, 0) is 79.1 Å². The number of amides is 1. The van der Waals surface area contributed by atoms with Gasteiger partial charge in [0.2, 0.25) is 0 Å². The zero-order valence-electron chi connectivity index (χ0n) is 15.8. The van der Waals surface area contributed by atoms with Gasteiger partial charge in [-0.1, -0.05) is 13.8 Å². The fourth-order valence-corrected chi connectivity index (χ4v) is 3.13. The standard InChI is InChI=1S/C18H37N3O2/c1-6-21(7-2)13-9-12-19-15-10-8-11-16(14-15)20-17(22)23-18(3,4)5/h15-16,19H,6-14H2,1-5H3,(H,20,22). The van der Waals surface area contributed by atoms with Crippen molar-refractivity contribution >= 4 is 6.09 Å². The molecule has 2 unspecified atom stereocenters. The second kappa shape index (κ2) is 10.1. The molecule has 1 rings (SSSR count). The number of nitrogens with zero attached hydrogens (tertiary/aromatic N) is 1. The van der Waals surface area contributed by atoms with Crippen LogP contribution in [0.4, 0.5) is 4.79 Å². The van der Waals surface area contributed by atoms with E-state index in [1.807, 2.05) is 20.8 Å². The van der Waals surface area contributed by atoms with Crippen LogP contribution in [-0.2, 0) is 4.74 Å². The van der Waals surface area contributed by atoms with Crippen LogP contribution in [0.1, 0.15) is 66.7 Å². The molecule has 1 fully saturated rings. The third-order valence-corrected chi connectivity index (χ3v) is 4.37. The maximum Gasteiger partial charge on any atom is 0.407 e. The van der Waals surface area contributed by atoms with E-state index in [-0.39, 0.29) is 12.1 Å². The third kappa shape index (κ3) is 9.16. The Balaban J connectivity index is 2.22. The summed E-state index contributed by atoms with van der Waals surface area (Å²) < 4.78 is 5.35. The van der Waals surface area contributed by atoms with Crippen molar-refractivity contribution in [3.63, 3.8) is 0 Å². The molecule has 2 N–H and O–H groups in total. The van der Waals surface area contributed by atoms with Crippen LogP contribution in [0.25, 0.3) is 0 Å². The van der Waals surface area contributed by atoms with Gasteiger partial charge in [0.15, 0.2) is 0 Å². The molecule has 0 aromatic heterocycles. The molecule has 0 bridgehead atoms. The zero-order valence-corrected chi connectivity index (χ0v) is 15.8. The summed E-state index contributed by atoms with van der Waals surface area (Å²) in [5.41, 5.74) is -0.430. The minimum atomic E-state index is -0.430. The molecule has 23 heavy (non-hydrogen) atoms. The Morgan fingerprint density at radius 2 is 1.83 bits per heavy atom. The highest BCUT2D eigenvalue weighted by molar-refractivity contribution is 5.68. The monoisotopic (exact) mass is 327 g/mol. The Kier molecular flexibility index (Phi) is 8.92. The van der Waals surface area contributed by atoms with Gasteiger partial charge in [0.05, 0.1) is 0 Å². The highest BCUT2D eigenvalue weighted by Gasteiger charge is 2.25. The molecule has 0 aromatic carbocycles. The molecule has 0 spiro atoms. The number of hydrogen-bond acceptors (Lipinski definition) is 4. The quantitative estimate of drug-likeness (QED) is 0.673. The topological polar surface area (TPSA) is 53.6 Å². The Bertz CT molecular complexity index is 338. The first-order chi connectivity index (χ1) is 10.8. The Labute approximate surface area is 142 Å². The van der Waals surface area contributed by atoms with E-state index in [1.165, 1.54) is 12.8 Å². The molecule has 0 radical (unpaired) electrons. The van der Waals surface area contributed by atoms with Crippen molar-refractivity contribution in [2.75, 3.05) is 26.2 Å². The third-order valence-electron chi connectivity index (χ3n) is 4.37. The smallest absolute Gasteiger partial charge is 0.407 e. The average molecular weight is 328 g/mol. The van der Waals surface area contributed by atoms with E-state index >= 15 is 0 Å². The summed E-state index contributed by atoms with van der Waals surface area (Å²) in [7, 11) is 0. The molecular weight excluding hydrogens is 290 g/mol. The Morgan fingerprint density at radius 1 is 1.17 bits per heavy atom. The number of ether oxygens (including phenoxy) is 1. The van der Waals surface area contributed by atoms with Crippen molar-refractivity contribution in [3.8, 4) is 0 Å². The van der Waals surface area contributed by atoms with Gasteiger partial charge in [0.1, 0.15) is 5.60 Å². The van der Waals surface area contributed by atoms with Gasteiger partial charge in [-0.25, -0.2) is 4.79 Å². The Morgan fingerprint density at radius 3 is 2.43 bits per heavy atom. The maximum atomic E-state index is 11.9. The summed E-state index contributed by atoms with van der Waals surface area (Å²) in [6.07, 6.45) is 5.32. The van der Waals surface area contributed by atoms with Crippen LogP contribution in [0.15, 0.2) is 0 Å². The molecule has 1 amide bonds. The number of hydrogen-bond donors (Lipinski definition) is 2. The van der Waals surface area contributed by atoms with E-state index in [2.05, 4.69) is 29.4 Å². The second-order valence-corrected chi connectivity index (χ2v) is 7.54. The predicted octanol–water partition coefficient (Wildman–Crippen LogP) is 3.14. The van der Waals surface area contributed by atoms with Crippen LogP contribution in [0, 0.1) is 0 Å². The minimum absolute atomic E-state index is 0.235. The van der Waals surface area contributed by atoms with Crippen molar-refractivity contribution in [1.29, 1.82) is 0 Å². The van der Waals surface area contributed by atoms with Crippen molar-refractivity contribution in [2.24, 2.45) is 0 Å². The van der Waals surface area contributed by atoms with Gasteiger partial charge in [0, 0.05) is 12.1 Å². The van der Waals surface area contributed by atoms with E-state index < -0.39 is 5.60 Å². The van der Waals surface area contributed by atoms with Crippen LogP contribution in [-0.4, -0.2) is 54.9 Å². The zero-order chi connectivity index (χ0) is 17.3. The fraction of sp³-hybridized carbons (Fsp3) is 0.944. The highest BCUT2D eigenvalue weighted by Crippen LogP contribution is 2.19. The van der Waals surface area contributed by atoms with Gasteiger partial charge >= 0.3 is 6.09 Å². The number of carbonyl (C=O) groups excluding carboxylic acids is 1. The lowest BCUT2D eigenvalue weighted by Crippen LogP contribution is -2.46. The van der Waals surface area contributed by atoms with Crippen molar-refractivity contribution < 1.29 is 9.53 Å². The normalized spacial score (nSPS) is 22.2. The van der Waals surface area contributed by atoms with Gasteiger partial charge in [-0.2, -0.15) is 0 Å². The largest absolute Gasteiger partial charge is 0.444 e. The first-order valence-electron chi connectivity index (χ1n) is 9.29. The predicted molar refractivity (Wildman–Crippen MR) is 95.8 cm³/mol. The molecule has 5 heteroatoms. The molecule has 136 valence electrons. The number of carbonyl (C=O) groups is 1. The lowest BCUT2D eigenvalue weighted by atomic mass is 9.91. The lowest BCUT2D eigenvalue weighted by molar-refractivity contribution is 0.0488. The molecule has 1 aliphatic carbocycles. The van der Waals surface area contributed by atoms with E-state index in [4.69, 9.17) is 4.74 Å². The highest BCUT2D eigenvalue weighted by atomic mass is 16.6. The van der Waals surface area contributed by atoms with E-state index in [0.717, 1.165) is 45.4 Å². The van der Waals surface area contributed by atoms with Gasteiger partial charge in [-0.15, -0.1) is 0 Å². The molecule has 1 aliphatic rings. The minimum Gasteiger partial charge on any atom is -0.444 e. The fourth-order valence-electron chi connectivity index (χ4n) is 3.13. The molecule has 0 saturated heterocycles. The molecule has 5 nitrogen and oxygen atoms in total. The van der Waals surface area contributed by atoms with Crippen molar-refractivity contribution in [1.82, 2.24) is 15.5 Å². The maximum absolute atomic E-state index is 11.9. The van der Waals surface area contributed by atoms with Crippen molar-refractivity contribution in [2.45, 2.75) is 84.4 Å². The Hall–Kier alpha value is -0.810. The van der Waals surface area contributed by atoms with Gasteiger partial charge in [0.25, 0.3) is 0 Å². The summed E-state index contributed by atoms with van der Waals surface area (Å²) in [4.78, 5) is 14.3. The van der Waals surface area contributed by atoms with Crippen LogP contribution in [0.3, 0.4) is 0 Å². The summed E-state index contributed by atoms with van der Waals surface area (Å²) in [6, 6.07) is 0.749. The lowest BCUT2D eigenvalue weighted by Gasteiger charge is -2.31. The molecule has 0 aliphatic heterocycles. The average Bonchev–Trinajstić information content (AvgIpc) is 2.46. The molecular formula is C18H37N3O2. The molecule has 1 saturated carbocycles. The molecule has 2 atom stereocenters. The van der Waals surface area contributed by atoms with Crippen LogP contribution in [0.5, 0.6) is 0 Å². The van der Waals surface area contributed by atoms with Crippen LogP contribution < -0.4 is 10.6 Å². The SMILES string of the molecule is CCN(CC)CCCNC1CCCC(NC(=O)OC(C)(C)C)C1. The first kappa shape index (κ1) is 20.2. The first-order valence-corrected chi connectivity index (χ1v) is 9.29. The number of rotatable bonds is 8. The van der Waals surface area contributed by atoms with Crippen molar-refractivity contribution in [3.05, 3.63) is 0 Å². The number of alkyl carbamates (subject to hydrolysis) is 1. The van der Waals surface area contributed by atoms with Gasteiger partial charge in [-0.3, -0.25) is 0 Å². The van der Waals surface area contributed by atoms with E-state index in [0.29, 0.717) is 6.04 Å². The van der Waals surface area contributed by atoms with Crippen LogP contribution >= 0.6 is 0 Å². The number of nitrogens with one attached hydrogen (secondary N) is 2. The summed E-state index contributed by atoms with van der Waals surface area (Å²) >= 11 is 0. The molecule has 0 heterocycles. The van der Waals surface area contributed by atoms with Gasteiger partial charge < -0.3 is 20.3 Å². The molecule has 0 aromatic rings. The summed E-state index contributed by atoms with van der Waals surface area (Å²) in [6.45, 7) is 14.6. The van der Waals surface area contributed by atoms with E-state index in [1.54, 1.807) is 0 Å². The summed E-state index contributed by atoms with van der Waals surface area (Å²) in [5, 5.41) is 6.68. The van der Waals surface area contributed by atoms with Crippen LogP contribution in [0.2, 0.25) is 0 Å². The van der Waals surface area contributed by atoms with E-state index in [9.17, 15) is 4.79 Å². The second-order valence-electron chi connectivity index (χ2n) is 7.54. The summed E-state index contributed by atoms with van der Waals surface area (Å²) in [5.74, 6) is 0.